The molecule has 1 atom stereocenters. The maximum absolute atomic E-state index is 4.64. The van der Waals surface area contributed by atoms with Gasteiger partial charge in [0.2, 0.25) is 0 Å². The van der Waals surface area contributed by atoms with Crippen LogP contribution >= 0.6 is 11.3 Å². The zero-order valence-corrected chi connectivity index (χ0v) is 13.0. The number of aliphatic imine (C=N–C) groups is 1. The van der Waals surface area contributed by atoms with Gasteiger partial charge in [0.05, 0.1) is 6.54 Å². The quantitative estimate of drug-likeness (QED) is 0.347. The van der Waals surface area contributed by atoms with Gasteiger partial charge < -0.3 is 10.6 Å². The highest BCUT2D eigenvalue weighted by molar-refractivity contribution is 7.10. The number of thiophene rings is 1. The van der Waals surface area contributed by atoms with Crippen LogP contribution in [0, 0.1) is 0 Å². The summed E-state index contributed by atoms with van der Waals surface area (Å²) in [7, 11) is 0. The fourth-order valence-electron chi connectivity index (χ4n) is 1.67. The third-order valence-electron chi connectivity index (χ3n) is 2.74. The second-order valence-electron chi connectivity index (χ2n) is 4.42. The summed E-state index contributed by atoms with van der Waals surface area (Å²) in [5.74, 6) is 1.39. The van der Waals surface area contributed by atoms with Crippen molar-refractivity contribution in [2.24, 2.45) is 4.99 Å². The Hall–Kier alpha value is -1.29. The zero-order valence-electron chi connectivity index (χ0n) is 12.1. The van der Waals surface area contributed by atoms with Gasteiger partial charge in [-0.2, -0.15) is 0 Å². The SMILES string of the molecule is C/C=C/CCNC(=NCC(C)c1cccs1)NCC. The van der Waals surface area contributed by atoms with Gasteiger partial charge in [0.25, 0.3) is 0 Å². The largest absolute Gasteiger partial charge is 0.357 e. The van der Waals surface area contributed by atoms with Gasteiger partial charge in [0.15, 0.2) is 5.96 Å². The van der Waals surface area contributed by atoms with E-state index >= 15 is 0 Å². The van der Waals surface area contributed by atoms with Crippen LogP contribution < -0.4 is 10.6 Å². The van der Waals surface area contributed by atoms with E-state index in [1.165, 1.54) is 4.88 Å². The van der Waals surface area contributed by atoms with Gasteiger partial charge in [0.1, 0.15) is 0 Å². The molecule has 1 rings (SSSR count). The van der Waals surface area contributed by atoms with E-state index in [0.29, 0.717) is 5.92 Å². The molecule has 0 aliphatic rings. The normalized spacial score (nSPS) is 13.7. The molecule has 1 heterocycles. The summed E-state index contributed by atoms with van der Waals surface area (Å²) in [6, 6.07) is 4.28. The standard InChI is InChI=1S/C15H25N3S/c1-4-6-7-10-17-15(16-5-2)18-12-13(3)14-9-8-11-19-14/h4,6,8-9,11,13H,5,7,10,12H2,1-3H3,(H2,16,17,18)/b6-4+. The van der Waals surface area contributed by atoms with Gasteiger partial charge in [0, 0.05) is 23.9 Å². The van der Waals surface area contributed by atoms with Crippen molar-refractivity contribution >= 4 is 17.3 Å². The van der Waals surface area contributed by atoms with Crippen molar-refractivity contribution in [1.82, 2.24) is 10.6 Å². The Kier molecular flexibility index (Phi) is 7.98. The van der Waals surface area contributed by atoms with Gasteiger partial charge in [-0.05, 0) is 31.7 Å². The van der Waals surface area contributed by atoms with Crippen molar-refractivity contribution in [1.29, 1.82) is 0 Å². The van der Waals surface area contributed by atoms with E-state index < -0.39 is 0 Å². The number of nitrogens with one attached hydrogen (secondary N) is 2. The Morgan fingerprint density at radius 1 is 1.47 bits per heavy atom. The van der Waals surface area contributed by atoms with Crippen LogP contribution in [-0.2, 0) is 0 Å². The fraction of sp³-hybridized carbons (Fsp3) is 0.533. The Balaban J connectivity index is 2.43. The minimum atomic E-state index is 0.478. The molecule has 19 heavy (non-hydrogen) atoms. The number of allylic oxidation sites excluding steroid dienone is 1. The van der Waals surface area contributed by atoms with E-state index in [-0.39, 0.29) is 0 Å². The van der Waals surface area contributed by atoms with Gasteiger partial charge in [-0.15, -0.1) is 11.3 Å². The van der Waals surface area contributed by atoms with Crippen LogP contribution in [-0.4, -0.2) is 25.6 Å². The first-order valence-electron chi connectivity index (χ1n) is 6.94. The average Bonchev–Trinajstić information content (AvgIpc) is 2.94. The highest BCUT2D eigenvalue weighted by Crippen LogP contribution is 2.20. The molecular weight excluding hydrogens is 254 g/mol. The van der Waals surface area contributed by atoms with Crippen LogP contribution in [0.2, 0.25) is 0 Å². The second kappa shape index (κ2) is 9.62. The van der Waals surface area contributed by atoms with E-state index in [1.54, 1.807) is 11.3 Å². The van der Waals surface area contributed by atoms with Gasteiger partial charge in [-0.3, -0.25) is 4.99 Å². The van der Waals surface area contributed by atoms with Crippen molar-refractivity contribution in [3.05, 3.63) is 34.5 Å². The van der Waals surface area contributed by atoms with Crippen LogP contribution in [0.15, 0.2) is 34.7 Å². The molecule has 4 heteroatoms. The number of guanidine groups is 1. The molecule has 0 amide bonds. The molecule has 0 aromatic carbocycles. The van der Waals surface area contributed by atoms with Crippen molar-refractivity contribution in [3.63, 3.8) is 0 Å². The third kappa shape index (κ3) is 6.43. The summed E-state index contributed by atoms with van der Waals surface area (Å²) < 4.78 is 0. The van der Waals surface area contributed by atoms with Crippen molar-refractivity contribution in [2.45, 2.75) is 33.1 Å². The fourth-order valence-corrected chi connectivity index (χ4v) is 2.45. The van der Waals surface area contributed by atoms with Gasteiger partial charge >= 0.3 is 0 Å². The number of nitrogens with zero attached hydrogens (tertiary/aromatic N) is 1. The summed E-state index contributed by atoms with van der Waals surface area (Å²) in [5, 5.41) is 8.75. The Labute approximate surface area is 120 Å². The lowest BCUT2D eigenvalue weighted by atomic mass is 10.1. The van der Waals surface area contributed by atoms with Crippen LogP contribution in [0.4, 0.5) is 0 Å². The molecule has 1 aromatic heterocycles. The molecular formula is C15H25N3S. The summed E-state index contributed by atoms with van der Waals surface area (Å²) in [6.07, 6.45) is 5.26. The highest BCUT2D eigenvalue weighted by Gasteiger charge is 2.06. The molecule has 0 bridgehead atoms. The Morgan fingerprint density at radius 3 is 2.95 bits per heavy atom. The molecule has 0 saturated carbocycles. The lowest BCUT2D eigenvalue weighted by Crippen LogP contribution is -2.37. The minimum Gasteiger partial charge on any atom is -0.357 e. The smallest absolute Gasteiger partial charge is 0.191 e. The molecule has 0 saturated heterocycles. The summed E-state index contributed by atoms with van der Waals surface area (Å²) >= 11 is 1.80. The molecule has 1 aromatic rings. The van der Waals surface area contributed by atoms with Gasteiger partial charge in [-0.1, -0.05) is 25.1 Å². The molecule has 0 aliphatic heterocycles. The number of hydrogen-bond donors (Lipinski definition) is 2. The molecule has 0 spiro atoms. The monoisotopic (exact) mass is 279 g/mol. The van der Waals surface area contributed by atoms with E-state index in [2.05, 4.69) is 59.1 Å². The zero-order chi connectivity index (χ0) is 13.9. The van der Waals surface area contributed by atoms with Crippen molar-refractivity contribution < 1.29 is 0 Å². The highest BCUT2D eigenvalue weighted by atomic mass is 32.1. The molecule has 2 N–H and O–H groups in total. The van der Waals surface area contributed by atoms with E-state index in [9.17, 15) is 0 Å². The van der Waals surface area contributed by atoms with E-state index in [0.717, 1.165) is 32.0 Å². The summed E-state index contributed by atoms with van der Waals surface area (Å²) in [5.41, 5.74) is 0. The van der Waals surface area contributed by atoms with Crippen LogP contribution in [0.25, 0.3) is 0 Å². The first kappa shape index (κ1) is 15.8. The minimum absolute atomic E-state index is 0.478. The maximum Gasteiger partial charge on any atom is 0.191 e. The molecule has 0 radical (unpaired) electrons. The molecule has 106 valence electrons. The third-order valence-corrected chi connectivity index (χ3v) is 3.84. The molecule has 1 unspecified atom stereocenters. The van der Waals surface area contributed by atoms with Crippen LogP contribution in [0.3, 0.4) is 0 Å². The van der Waals surface area contributed by atoms with Crippen LogP contribution in [0.5, 0.6) is 0 Å². The predicted octanol–water partition coefficient (Wildman–Crippen LogP) is 3.37. The van der Waals surface area contributed by atoms with E-state index in [4.69, 9.17) is 0 Å². The van der Waals surface area contributed by atoms with Crippen molar-refractivity contribution in [3.8, 4) is 0 Å². The summed E-state index contributed by atoms with van der Waals surface area (Å²) in [6.45, 7) is 8.98. The first-order valence-corrected chi connectivity index (χ1v) is 7.82. The topological polar surface area (TPSA) is 36.4 Å². The molecule has 3 nitrogen and oxygen atoms in total. The van der Waals surface area contributed by atoms with Gasteiger partial charge in [-0.25, -0.2) is 0 Å². The lowest BCUT2D eigenvalue weighted by molar-refractivity contribution is 0.758. The second-order valence-corrected chi connectivity index (χ2v) is 5.40. The average molecular weight is 279 g/mol. The predicted molar refractivity (Wildman–Crippen MR) is 86.1 cm³/mol. The molecule has 0 aliphatic carbocycles. The van der Waals surface area contributed by atoms with Crippen molar-refractivity contribution in [2.75, 3.05) is 19.6 Å². The Bertz CT molecular complexity index is 382. The Morgan fingerprint density at radius 2 is 2.32 bits per heavy atom. The first-order chi connectivity index (χ1) is 9.27. The lowest BCUT2D eigenvalue weighted by Gasteiger charge is -2.12. The molecule has 0 fully saturated rings. The summed E-state index contributed by atoms with van der Waals surface area (Å²) in [4.78, 5) is 6.04. The number of rotatable bonds is 7. The van der Waals surface area contributed by atoms with Crippen LogP contribution in [0.1, 0.15) is 38.0 Å². The van der Waals surface area contributed by atoms with E-state index in [1.807, 2.05) is 6.92 Å². The number of hydrogen-bond acceptors (Lipinski definition) is 2. The maximum atomic E-state index is 4.64.